The minimum Gasteiger partial charge on any atom is -0.388 e. The smallest absolute Gasteiger partial charge is 0.243 e. The van der Waals surface area contributed by atoms with Crippen molar-refractivity contribution in [1.29, 1.82) is 0 Å². The average molecular weight is 555 g/mol. The van der Waals surface area contributed by atoms with Crippen LogP contribution in [0, 0.1) is 18.7 Å². The van der Waals surface area contributed by atoms with Crippen molar-refractivity contribution in [2.75, 3.05) is 43.4 Å². The Labute approximate surface area is 229 Å². The monoisotopic (exact) mass is 554 g/mol. The number of aliphatic hydroxyl groups is 1. The molecule has 0 radical (unpaired) electrons. The summed E-state index contributed by atoms with van der Waals surface area (Å²) in [5.41, 5.74) is 1.02. The van der Waals surface area contributed by atoms with Crippen molar-refractivity contribution in [3.63, 3.8) is 0 Å². The van der Waals surface area contributed by atoms with Gasteiger partial charge in [0, 0.05) is 43.8 Å². The van der Waals surface area contributed by atoms with Crippen molar-refractivity contribution in [2.24, 2.45) is 5.92 Å². The van der Waals surface area contributed by atoms with Crippen molar-refractivity contribution < 1.29 is 17.9 Å². The summed E-state index contributed by atoms with van der Waals surface area (Å²) >= 11 is 0. The number of nitrogens with zero attached hydrogens (tertiary/aromatic N) is 4. The third-order valence-electron chi connectivity index (χ3n) is 7.51. The molecule has 1 aromatic heterocycles. The van der Waals surface area contributed by atoms with Gasteiger partial charge in [0.15, 0.2) is 0 Å². The highest BCUT2D eigenvalue weighted by atomic mass is 32.2. The van der Waals surface area contributed by atoms with Gasteiger partial charge in [0.1, 0.15) is 11.6 Å². The number of nitrogens with one attached hydrogen (secondary N) is 2. The molecule has 2 aliphatic rings. The number of hydrogen-bond donors (Lipinski definition) is 3. The Morgan fingerprint density at radius 2 is 1.77 bits per heavy atom. The van der Waals surface area contributed by atoms with Gasteiger partial charge in [-0.3, -0.25) is 0 Å². The molecule has 2 aromatic carbocycles. The molecule has 0 amide bonds. The predicted octanol–water partition coefficient (Wildman–Crippen LogP) is 4.27. The molecule has 1 unspecified atom stereocenters. The van der Waals surface area contributed by atoms with Crippen LogP contribution in [0.15, 0.2) is 59.6 Å². The zero-order chi connectivity index (χ0) is 27.6. The van der Waals surface area contributed by atoms with Crippen LogP contribution < -0.4 is 10.6 Å². The molecule has 0 saturated carbocycles. The number of anilines is 4. The van der Waals surface area contributed by atoms with E-state index in [2.05, 4.69) is 32.4 Å². The minimum atomic E-state index is -3.67. The van der Waals surface area contributed by atoms with Crippen LogP contribution in [-0.2, 0) is 10.0 Å². The molecule has 0 bridgehead atoms. The summed E-state index contributed by atoms with van der Waals surface area (Å²) in [6, 6.07) is 12.9. The lowest BCUT2D eigenvalue weighted by Gasteiger charge is -2.39. The lowest BCUT2D eigenvalue weighted by molar-refractivity contribution is -0.0289. The Balaban J connectivity index is 1.19. The quantitative estimate of drug-likeness (QED) is 0.379. The molecule has 1 atom stereocenters. The van der Waals surface area contributed by atoms with Crippen LogP contribution >= 0.6 is 0 Å². The Kier molecular flexibility index (Phi) is 7.86. The van der Waals surface area contributed by atoms with Crippen molar-refractivity contribution in [2.45, 2.75) is 43.6 Å². The highest BCUT2D eigenvalue weighted by molar-refractivity contribution is 7.89. The molecule has 0 aliphatic carbocycles. The predicted molar refractivity (Wildman–Crippen MR) is 149 cm³/mol. The zero-order valence-corrected chi connectivity index (χ0v) is 23.1. The van der Waals surface area contributed by atoms with E-state index in [0.29, 0.717) is 67.1 Å². The van der Waals surface area contributed by atoms with Crippen molar-refractivity contribution in [1.82, 2.24) is 19.2 Å². The molecule has 3 aromatic rings. The molecular formula is C28H35FN6O3S. The van der Waals surface area contributed by atoms with Crippen LogP contribution in [0.5, 0.6) is 0 Å². The van der Waals surface area contributed by atoms with Crippen LogP contribution in [0.25, 0.3) is 0 Å². The van der Waals surface area contributed by atoms with E-state index in [4.69, 9.17) is 0 Å². The number of β-amino-alcohol motifs (C(OH)–C–C–N with tert-alkyl or cyclic N) is 1. The molecule has 2 aliphatic heterocycles. The summed E-state index contributed by atoms with van der Waals surface area (Å²) in [4.78, 5) is 11.2. The normalized spacial score (nSPS) is 20.2. The molecule has 2 fully saturated rings. The number of aryl methyl sites for hydroxylation is 1. The minimum absolute atomic E-state index is 0.204. The summed E-state index contributed by atoms with van der Waals surface area (Å²) in [6.45, 7) is 7.09. The molecule has 11 heteroatoms. The van der Waals surface area contributed by atoms with Gasteiger partial charge in [0.2, 0.25) is 16.0 Å². The lowest BCUT2D eigenvalue weighted by atomic mass is 9.92. The molecule has 3 heterocycles. The number of likely N-dealkylation sites (tertiary alicyclic amines) is 1. The van der Waals surface area contributed by atoms with E-state index in [1.807, 2.05) is 0 Å². The first kappa shape index (κ1) is 27.4. The largest absolute Gasteiger partial charge is 0.388 e. The highest BCUT2D eigenvalue weighted by Gasteiger charge is 2.39. The first-order valence-electron chi connectivity index (χ1n) is 13.3. The molecule has 39 heavy (non-hydrogen) atoms. The maximum Gasteiger partial charge on any atom is 0.243 e. The second kappa shape index (κ2) is 11.2. The van der Waals surface area contributed by atoms with Gasteiger partial charge in [-0.15, -0.1) is 0 Å². The zero-order valence-electron chi connectivity index (χ0n) is 22.3. The van der Waals surface area contributed by atoms with E-state index in [1.54, 1.807) is 55.6 Å². The number of sulfonamides is 1. The molecular weight excluding hydrogens is 519 g/mol. The Hall–Kier alpha value is -3.12. The molecule has 2 saturated heterocycles. The third kappa shape index (κ3) is 6.55. The van der Waals surface area contributed by atoms with Crippen LogP contribution in [0.4, 0.5) is 27.5 Å². The first-order chi connectivity index (χ1) is 18.6. The Bertz CT molecular complexity index is 1410. The van der Waals surface area contributed by atoms with Gasteiger partial charge in [0.25, 0.3) is 0 Å². The molecule has 208 valence electrons. The van der Waals surface area contributed by atoms with Crippen LogP contribution in [0.3, 0.4) is 0 Å². The fourth-order valence-corrected chi connectivity index (χ4v) is 6.68. The fourth-order valence-electron chi connectivity index (χ4n) is 5.23. The summed E-state index contributed by atoms with van der Waals surface area (Å²) in [7, 11) is -3.67. The number of aromatic nitrogens is 2. The third-order valence-corrected chi connectivity index (χ3v) is 9.43. The van der Waals surface area contributed by atoms with Crippen molar-refractivity contribution in [3.05, 3.63) is 66.1 Å². The van der Waals surface area contributed by atoms with Gasteiger partial charge < -0.3 is 20.6 Å². The van der Waals surface area contributed by atoms with Crippen LogP contribution in [0.1, 0.15) is 31.7 Å². The van der Waals surface area contributed by atoms with E-state index >= 15 is 0 Å². The fraction of sp³-hybridized carbons (Fsp3) is 0.429. The molecule has 9 nitrogen and oxygen atoms in total. The lowest BCUT2D eigenvalue weighted by Crippen LogP contribution is -2.51. The average Bonchev–Trinajstić information content (AvgIpc) is 3.31. The molecule has 0 spiro atoms. The second-order valence-electron chi connectivity index (χ2n) is 10.8. The maximum absolute atomic E-state index is 13.5. The van der Waals surface area contributed by atoms with Gasteiger partial charge in [-0.1, -0.05) is 6.92 Å². The number of halogens is 1. The first-order valence-corrected chi connectivity index (χ1v) is 14.7. The van der Waals surface area contributed by atoms with Crippen molar-refractivity contribution >= 4 is 33.2 Å². The van der Waals surface area contributed by atoms with Crippen molar-refractivity contribution in [3.8, 4) is 0 Å². The summed E-state index contributed by atoms with van der Waals surface area (Å²) < 4.78 is 41.6. The van der Waals surface area contributed by atoms with Gasteiger partial charge in [-0.2, -0.15) is 9.29 Å². The number of rotatable bonds is 8. The van der Waals surface area contributed by atoms with E-state index in [0.717, 1.165) is 19.5 Å². The molecule has 3 N–H and O–H groups in total. The van der Waals surface area contributed by atoms with E-state index in [-0.39, 0.29) is 10.7 Å². The summed E-state index contributed by atoms with van der Waals surface area (Å²) in [5, 5.41) is 17.3. The highest BCUT2D eigenvalue weighted by Crippen LogP contribution is 2.30. The van der Waals surface area contributed by atoms with Crippen LogP contribution in [-0.4, -0.2) is 71.0 Å². The Morgan fingerprint density at radius 3 is 2.44 bits per heavy atom. The van der Waals surface area contributed by atoms with Crippen LogP contribution in [0.2, 0.25) is 0 Å². The standard InChI is InChI=1S/C28H35FN6O3S/c1-20-10-14-34(18-20)19-28(36)11-15-35(16-12-28)39(37,38)24-6-3-22(4-7-24)32-27-30-13-9-26(33-27)31-23-5-8-25(29)21(2)17-23/h3-9,13,17,20,36H,10-12,14-16,18-19H2,1-2H3,(H2,30,31,32,33). The van der Waals surface area contributed by atoms with Gasteiger partial charge in [-0.05, 0) is 92.7 Å². The van der Waals surface area contributed by atoms with Gasteiger partial charge in [0.05, 0.1) is 10.5 Å². The summed E-state index contributed by atoms with van der Waals surface area (Å²) in [5.74, 6) is 1.23. The SMILES string of the molecule is Cc1cc(Nc2ccnc(Nc3ccc(S(=O)(=O)N4CCC(O)(CN5CCC(C)C5)CC4)cc3)n2)ccc1F. The number of benzene rings is 2. The number of hydrogen-bond acceptors (Lipinski definition) is 8. The summed E-state index contributed by atoms with van der Waals surface area (Å²) in [6.07, 6.45) is 3.59. The van der Waals surface area contributed by atoms with Gasteiger partial charge >= 0.3 is 0 Å². The molecule has 5 rings (SSSR count). The maximum atomic E-state index is 13.5. The topological polar surface area (TPSA) is 111 Å². The van der Waals surface area contributed by atoms with E-state index < -0.39 is 15.6 Å². The Morgan fingerprint density at radius 1 is 1.05 bits per heavy atom. The van der Waals surface area contributed by atoms with Gasteiger partial charge in [-0.25, -0.2) is 17.8 Å². The van der Waals surface area contributed by atoms with E-state index in [1.165, 1.54) is 10.4 Å². The second-order valence-corrected chi connectivity index (χ2v) is 12.7. The number of piperidine rings is 1. The van der Waals surface area contributed by atoms with E-state index in [9.17, 15) is 17.9 Å².